The number of carbonyl (C=O) groups excluding carboxylic acids is 1. The minimum Gasteiger partial charge on any atom is -0.484 e. The van der Waals surface area contributed by atoms with Gasteiger partial charge in [0.2, 0.25) is 0 Å². The van der Waals surface area contributed by atoms with Crippen LogP contribution in [0.15, 0.2) is 24.3 Å². The molecule has 0 saturated heterocycles. The molecule has 1 amide bonds. The van der Waals surface area contributed by atoms with E-state index < -0.39 is 17.9 Å². The van der Waals surface area contributed by atoms with E-state index in [-0.39, 0.29) is 12.5 Å². The normalized spacial score (nSPS) is 13.3. The third-order valence-corrected chi connectivity index (χ3v) is 3.15. The largest absolute Gasteiger partial charge is 0.484 e. The van der Waals surface area contributed by atoms with Crippen molar-refractivity contribution >= 4 is 11.9 Å². The van der Waals surface area contributed by atoms with Gasteiger partial charge in [-0.1, -0.05) is 32.4 Å². The van der Waals surface area contributed by atoms with Gasteiger partial charge in [0.05, 0.1) is 0 Å². The van der Waals surface area contributed by atoms with Gasteiger partial charge in [-0.2, -0.15) is 0 Å². The molecular formula is C15H21NO4. The van der Waals surface area contributed by atoms with Crippen molar-refractivity contribution in [2.24, 2.45) is 5.92 Å². The zero-order chi connectivity index (χ0) is 15.1. The summed E-state index contributed by atoms with van der Waals surface area (Å²) in [4.78, 5) is 22.8. The molecule has 2 atom stereocenters. The molecule has 1 rings (SSSR count). The van der Waals surface area contributed by atoms with Gasteiger partial charge in [0, 0.05) is 0 Å². The Kier molecular flexibility index (Phi) is 6.03. The number of aliphatic carboxylic acids is 1. The fraction of sp³-hybridized carbons (Fsp3) is 0.467. The first-order chi connectivity index (χ1) is 9.43. The highest BCUT2D eigenvalue weighted by atomic mass is 16.5. The maximum absolute atomic E-state index is 11.7. The molecule has 1 aromatic rings. The first-order valence-corrected chi connectivity index (χ1v) is 6.65. The molecule has 0 aromatic heterocycles. The van der Waals surface area contributed by atoms with Crippen LogP contribution in [0.2, 0.25) is 0 Å². The first-order valence-electron chi connectivity index (χ1n) is 6.65. The Hall–Kier alpha value is -2.04. The Morgan fingerprint density at radius 1 is 1.40 bits per heavy atom. The van der Waals surface area contributed by atoms with Gasteiger partial charge in [0.1, 0.15) is 11.8 Å². The van der Waals surface area contributed by atoms with Crippen LogP contribution in [0, 0.1) is 12.8 Å². The van der Waals surface area contributed by atoms with Crippen LogP contribution in [-0.2, 0) is 9.59 Å². The Balaban J connectivity index is 2.52. The van der Waals surface area contributed by atoms with E-state index in [2.05, 4.69) is 5.32 Å². The molecule has 0 aliphatic heterocycles. The van der Waals surface area contributed by atoms with Gasteiger partial charge in [-0.15, -0.1) is 0 Å². The molecule has 0 aliphatic rings. The van der Waals surface area contributed by atoms with Crippen LogP contribution in [0.5, 0.6) is 5.75 Å². The van der Waals surface area contributed by atoms with Gasteiger partial charge in [0.15, 0.2) is 6.61 Å². The van der Waals surface area contributed by atoms with Crippen LogP contribution >= 0.6 is 0 Å². The van der Waals surface area contributed by atoms with Crippen molar-refractivity contribution in [1.29, 1.82) is 0 Å². The van der Waals surface area contributed by atoms with Gasteiger partial charge in [-0.05, 0) is 30.5 Å². The smallest absolute Gasteiger partial charge is 0.326 e. The van der Waals surface area contributed by atoms with Gasteiger partial charge in [-0.3, -0.25) is 4.79 Å². The van der Waals surface area contributed by atoms with Crippen molar-refractivity contribution in [3.05, 3.63) is 29.8 Å². The van der Waals surface area contributed by atoms with Crippen molar-refractivity contribution in [3.63, 3.8) is 0 Å². The number of nitrogens with one attached hydrogen (secondary N) is 1. The predicted octanol–water partition coefficient (Wildman–Crippen LogP) is 1.99. The van der Waals surface area contributed by atoms with E-state index in [1.807, 2.05) is 32.0 Å². The lowest BCUT2D eigenvalue weighted by molar-refractivity contribution is -0.143. The van der Waals surface area contributed by atoms with Gasteiger partial charge >= 0.3 is 5.97 Å². The summed E-state index contributed by atoms with van der Waals surface area (Å²) >= 11 is 0. The maximum atomic E-state index is 11.7. The van der Waals surface area contributed by atoms with E-state index in [1.54, 1.807) is 13.0 Å². The number of carboxylic acid groups (broad SMARTS) is 1. The summed E-state index contributed by atoms with van der Waals surface area (Å²) in [5, 5.41) is 11.6. The van der Waals surface area contributed by atoms with E-state index in [0.29, 0.717) is 12.2 Å². The van der Waals surface area contributed by atoms with E-state index in [1.165, 1.54) is 0 Å². The molecule has 2 N–H and O–H groups in total. The Bertz CT molecular complexity index is 473. The second-order valence-electron chi connectivity index (χ2n) is 4.87. The average Bonchev–Trinajstić information content (AvgIpc) is 2.41. The number of carbonyl (C=O) groups is 2. The second-order valence-corrected chi connectivity index (χ2v) is 4.87. The molecule has 0 spiro atoms. The number of hydrogen-bond acceptors (Lipinski definition) is 3. The van der Waals surface area contributed by atoms with Crippen LogP contribution in [0.3, 0.4) is 0 Å². The molecule has 1 aromatic carbocycles. The van der Waals surface area contributed by atoms with E-state index in [4.69, 9.17) is 9.84 Å². The third kappa shape index (κ3) is 4.91. The number of aryl methyl sites for hydroxylation is 1. The summed E-state index contributed by atoms with van der Waals surface area (Å²) in [6.45, 7) is 5.41. The fourth-order valence-corrected chi connectivity index (χ4v) is 1.75. The molecule has 0 fully saturated rings. The van der Waals surface area contributed by atoms with Crippen molar-refractivity contribution in [2.45, 2.75) is 33.2 Å². The van der Waals surface area contributed by atoms with Crippen LogP contribution < -0.4 is 10.1 Å². The lowest BCUT2D eigenvalue weighted by atomic mass is 9.99. The van der Waals surface area contributed by atoms with Gasteiger partial charge < -0.3 is 15.2 Å². The molecular weight excluding hydrogens is 258 g/mol. The molecule has 0 bridgehead atoms. The lowest BCUT2D eigenvalue weighted by Gasteiger charge is -2.20. The summed E-state index contributed by atoms with van der Waals surface area (Å²) in [5.74, 6) is -0.992. The topological polar surface area (TPSA) is 75.6 Å². The summed E-state index contributed by atoms with van der Waals surface area (Å²) in [5.41, 5.74) is 1.03. The monoisotopic (exact) mass is 279 g/mol. The molecule has 5 nitrogen and oxygen atoms in total. The van der Waals surface area contributed by atoms with Gasteiger partial charge in [0.25, 0.3) is 5.91 Å². The lowest BCUT2D eigenvalue weighted by Crippen LogP contribution is -2.46. The van der Waals surface area contributed by atoms with Crippen molar-refractivity contribution in [3.8, 4) is 5.75 Å². The molecule has 110 valence electrons. The van der Waals surface area contributed by atoms with Crippen LogP contribution in [0.25, 0.3) is 0 Å². The third-order valence-electron chi connectivity index (χ3n) is 3.15. The second kappa shape index (κ2) is 7.53. The Labute approximate surface area is 118 Å². The molecule has 20 heavy (non-hydrogen) atoms. The maximum Gasteiger partial charge on any atom is 0.326 e. The first kappa shape index (κ1) is 16.0. The van der Waals surface area contributed by atoms with Gasteiger partial charge in [-0.25, -0.2) is 4.79 Å². The van der Waals surface area contributed by atoms with E-state index in [9.17, 15) is 9.59 Å². The van der Waals surface area contributed by atoms with Crippen molar-refractivity contribution in [2.75, 3.05) is 6.61 Å². The Morgan fingerprint density at radius 2 is 2.10 bits per heavy atom. The highest BCUT2D eigenvalue weighted by Gasteiger charge is 2.25. The minimum absolute atomic E-state index is 0.129. The standard InChI is InChI=1S/C15H21NO4/c1-4-11(3)14(15(18)19)16-13(17)9-20-12-7-5-6-10(2)8-12/h5-8,11,14H,4,9H2,1-3H3,(H,16,17)(H,18,19). The number of amides is 1. The Morgan fingerprint density at radius 3 is 2.65 bits per heavy atom. The van der Waals surface area contributed by atoms with Crippen molar-refractivity contribution < 1.29 is 19.4 Å². The zero-order valence-electron chi connectivity index (χ0n) is 12.1. The summed E-state index contributed by atoms with van der Waals surface area (Å²) in [6, 6.07) is 6.45. The molecule has 5 heteroatoms. The van der Waals surface area contributed by atoms with Crippen LogP contribution in [-0.4, -0.2) is 29.6 Å². The van der Waals surface area contributed by atoms with Crippen LogP contribution in [0.4, 0.5) is 0 Å². The van der Waals surface area contributed by atoms with E-state index >= 15 is 0 Å². The van der Waals surface area contributed by atoms with E-state index in [0.717, 1.165) is 5.56 Å². The van der Waals surface area contributed by atoms with Crippen molar-refractivity contribution in [1.82, 2.24) is 5.32 Å². The molecule has 0 radical (unpaired) electrons. The highest BCUT2D eigenvalue weighted by molar-refractivity contribution is 5.84. The summed E-state index contributed by atoms with van der Waals surface area (Å²) < 4.78 is 5.34. The number of rotatable bonds is 7. The molecule has 0 heterocycles. The zero-order valence-corrected chi connectivity index (χ0v) is 12.1. The van der Waals surface area contributed by atoms with Crippen LogP contribution in [0.1, 0.15) is 25.8 Å². The highest BCUT2D eigenvalue weighted by Crippen LogP contribution is 2.12. The minimum atomic E-state index is -1.02. The number of carboxylic acids is 1. The average molecular weight is 279 g/mol. The number of hydrogen-bond donors (Lipinski definition) is 2. The molecule has 0 saturated carbocycles. The number of ether oxygens (including phenoxy) is 1. The quantitative estimate of drug-likeness (QED) is 0.800. The summed E-state index contributed by atoms with van der Waals surface area (Å²) in [6.07, 6.45) is 0.677. The fourth-order valence-electron chi connectivity index (χ4n) is 1.75. The predicted molar refractivity (Wildman–Crippen MR) is 75.7 cm³/mol. The molecule has 0 aliphatic carbocycles. The number of benzene rings is 1. The SMILES string of the molecule is CCC(C)C(NC(=O)COc1cccc(C)c1)C(=O)O. The molecule has 2 unspecified atom stereocenters. The summed E-state index contributed by atoms with van der Waals surface area (Å²) in [7, 11) is 0.